The third kappa shape index (κ3) is 3.83. The number of carbonyl (C=O) groups excluding carboxylic acids is 2. The fourth-order valence-corrected chi connectivity index (χ4v) is 3.74. The topological polar surface area (TPSA) is 65.2 Å². The summed E-state index contributed by atoms with van der Waals surface area (Å²) in [5.74, 6) is -0.178. The van der Waals surface area contributed by atoms with E-state index in [9.17, 15) is 9.59 Å². The number of amides is 2. The molecule has 1 aliphatic rings. The Kier molecular flexibility index (Phi) is 4.86. The molecule has 2 aromatic carbocycles. The second kappa shape index (κ2) is 7.45. The van der Waals surface area contributed by atoms with Crippen molar-refractivity contribution in [2.24, 2.45) is 0 Å². The van der Waals surface area contributed by atoms with E-state index in [2.05, 4.69) is 22.4 Å². The van der Waals surface area contributed by atoms with Crippen molar-refractivity contribution in [2.45, 2.75) is 25.8 Å². The van der Waals surface area contributed by atoms with E-state index in [1.807, 2.05) is 17.0 Å². The van der Waals surface area contributed by atoms with Crippen LogP contribution in [-0.2, 0) is 22.6 Å². The molecule has 4 rings (SSSR count). The van der Waals surface area contributed by atoms with Crippen LogP contribution in [0.2, 0.25) is 5.02 Å². The number of rotatable bonds is 4. The monoisotopic (exact) mass is 381 g/mol. The standard InChI is InChI=1S/C21H20ClN3O2/c22-14-4-3-5-15(12-14)23-20(26)8-9-21(27)25-11-10-19-17(13-25)16-6-1-2-7-18(16)24-19/h1-7,12,24H,8-11,13H2,(H,23,26). The lowest BCUT2D eigenvalue weighted by atomic mass is 10.0. The number of nitrogens with zero attached hydrogens (tertiary/aromatic N) is 1. The summed E-state index contributed by atoms with van der Waals surface area (Å²) in [7, 11) is 0. The molecule has 0 fully saturated rings. The van der Waals surface area contributed by atoms with Gasteiger partial charge in [0.1, 0.15) is 0 Å². The smallest absolute Gasteiger partial charge is 0.224 e. The summed E-state index contributed by atoms with van der Waals surface area (Å²) in [6.07, 6.45) is 1.16. The van der Waals surface area contributed by atoms with Gasteiger partial charge in [-0.3, -0.25) is 9.59 Å². The molecule has 0 aliphatic carbocycles. The van der Waals surface area contributed by atoms with Crippen molar-refractivity contribution in [1.29, 1.82) is 0 Å². The Labute approximate surface area is 162 Å². The molecule has 0 unspecified atom stereocenters. The fraction of sp³-hybridized carbons (Fsp3) is 0.238. The maximum absolute atomic E-state index is 12.6. The highest BCUT2D eigenvalue weighted by Gasteiger charge is 2.24. The zero-order valence-electron chi connectivity index (χ0n) is 14.8. The molecule has 0 saturated heterocycles. The first kappa shape index (κ1) is 17.6. The van der Waals surface area contributed by atoms with Gasteiger partial charge in [-0.15, -0.1) is 0 Å². The summed E-state index contributed by atoms with van der Waals surface area (Å²) in [6.45, 7) is 1.27. The number of halogens is 1. The van der Waals surface area contributed by atoms with Crippen molar-refractivity contribution >= 4 is 40.0 Å². The second-order valence-corrected chi connectivity index (χ2v) is 7.19. The predicted octanol–water partition coefficient (Wildman–Crippen LogP) is 4.12. The van der Waals surface area contributed by atoms with Gasteiger partial charge in [-0.1, -0.05) is 35.9 Å². The van der Waals surface area contributed by atoms with Crippen molar-refractivity contribution < 1.29 is 9.59 Å². The molecule has 1 aromatic heterocycles. The molecule has 0 radical (unpaired) electrons. The van der Waals surface area contributed by atoms with Crippen molar-refractivity contribution in [1.82, 2.24) is 9.88 Å². The first-order valence-corrected chi connectivity index (χ1v) is 9.39. The number of aromatic nitrogens is 1. The molecule has 0 bridgehead atoms. The van der Waals surface area contributed by atoms with Crippen LogP contribution in [0.1, 0.15) is 24.1 Å². The van der Waals surface area contributed by atoms with Gasteiger partial charge in [-0.2, -0.15) is 0 Å². The number of aromatic amines is 1. The Morgan fingerprint density at radius 1 is 1.11 bits per heavy atom. The normalized spacial score (nSPS) is 13.4. The van der Waals surface area contributed by atoms with Crippen LogP contribution in [0.25, 0.3) is 10.9 Å². The van der Waals surface area contributed by atoms with Crippen LogP contribution in [0.3, 0.4) is 0 Å². The van der Waals surface area contributed by atoms with Crippen LogP contribution in [-0.4, -0.2) is 28.2 Å². The van der Waals surface area contributed by atoms with Gasteiger partial charge in [0, 0.05) is 65.2 Å². The van der Waals surface area contributed by atoms with Gasteiger partial charge in [0.2, 0.25) is 11.8 Å². The number of benzene rings is 2. The highest BCUT2D eigenvalue weighted by molar-refractivity contribution is 6.30. The third-order valence-electron chi connectivity index (χ3n) is 4.91. The van der Waals surface area contributed by atoms with E-state index in [1.165, 1.54) is 16.6 Å². The summed E-state index contributed by atoms with van der Waals surface area (Å²) < 4.78 is 0. The van der Waals surface area contributed by atoms with E-state index in [4.69, 9.17) is 11.6 Å². The molecule has 0 spiro atoms. The molecular formula is C21H20ClN3O2. The first-order chi connectivity index (χ1) is 13.1. The minimum absolute atomic E-state index is 0.00664. The van der Waals surface area contributed by atoms with E-state index < -0.39 is 0 Å². The zero-order chi connectivity index (χ0) is 18.8. The van der Waals surface area contributed by atoms with Crippen LogP contribution in [0, 0.1) is 0 Å². The minimum Gasteiger partial charge on any atom is -0.358 e. The summed E-state index contributed by atoms with van der Waals surface area (Å²) in [6, 6.07) is 15.1. The van der Waals surface area contributed by atoms with E-state index in [1.54, 1.807) is 24.3 Å². The Morgan fingerprint density at radius 3 is 2.81 bits per heavy atom. The summed E-state index contributed by atoms with van der Waals surface area (Å²) >= 11 is 5.92. The van der Waals surface area contributed by atoms with Crippen molar-refractivity contribution in [3.63, 3.8) is 0 Å². The largest absolute Gasteiger partial charge is 0.358 e. The van der Waals surface area contributed by atoms with Crippen LogP contribution < -0.4 is 5.32 Å². The van der Waals surface area contributed by atoms with Crippen molar-refractivity contribution in [3.05, 3.63) is 64.8 Å². The minimum atomic E-state index is -0.185. The molecule has 2 heterocycles. The average molecular weight is 382 g/mol. The van der Waals surface area contributed by atoms with E-state index in [0.717, 1.165) is 11.9 Å². The van der Waals surface area contributed by atoms with Crippen LogP contribution in [0.15, 0.2) is 48.5 Å². The van der Waals surface area contributed by atoms with Gasteiger partial charge in [-0.25, -0.2) is 0 Å². The third-order valence-corrected chi connectivity index (χ3v) is 5.14. The number of hydrogen-bond acceptors (Lipinski definition) is 2. The fourth-order valence-electron chi connectivity index (χ4n) is 3.55. The molecule has 138 valence electrons. The SMILES string of the molecule is O=C(CCC(=O)N1CCc2[nH]c3ccccc3c2C1)Nc1cccc(Cl)c1. The summed E-state index contributed by atoms with van der Waals surface area (Å²) in [5.41, 5.74) is 4.14. The van der Waals surface area contributed by atoms with Gasteiger partial charge in [-0.05, 0) is 24.3 Å². The average Bonchev–Trinajstić information content (AvgIpc) is 3.04. The molecule has 6 heteroatoms. The second-order valence-electron chi connectivity index (χ2n) is 6.75. The Morgan fingerprint density at radius 2 is 1.96 bits per heavy atom. The number of hydrogen-bond donors (Lipinski definition) is 2. The van der Waals surface area contributed by atoms with Gasteiger partial charge in [0.25, 0.3) is 0 Å². The van der Waals surface area contributed by atoms with Crippen LogP contribution >= 0.6 is 11.6 Å². The van der Waals surface area contributed by atoms with Gasteiger partial charge < -0.3 is 15.2 Å². The first-order valence-electron chi connectivity index (χ1n) is 9.02. The Bertz CT molecular complexity index is 1010. The van der Waals surface area contributed by atoms with E-state index in [-0.39, 0.29) is 24.7 Å². The van der Waals surface area contributed by atoms with E-state index in [0.29, 0.717) is 23.8 Å². The lowest BCUT2D eigenvalue weighted by Gasteiger charge is -2.27. The quantitative estimate of drug-likeness (QED) is 0.713. The van der Waals surface area contributed by atoms with Gasteiger partial charge >= 0.3 is 0 Å². The molecular weight excluding hydrogens is 362 g/mol. The van der Waals surface area contributed by atoms with Crippen molar-refractivity contribution in [3.8, 4) is 0 Å². The van der Waals surface area contributed by atoms with Crippen LogP contribution in [0.4, 0.5) is 5.69 Å². The summed E-state index contributed by atoms with van der Waals surface area (Å²) in [5, 5.41) is 4.51. The maximum atomic E-state index is 12.6. The number of para-hydroxylation sites is 1. The van der Waals surface area contributed by atoms with E-state index >= 15 is 0 Å². The van der Waals surface area contributed by atoms with Gasteiger partial charge in [0.05, 0.1) is 0 Å². The lowest BCUT2D eigenvalue weighted by Crippen LogP contribution is -2.36. The lowest BCUT2D eigenvalue weighted by molar-refractivity contribution is -0.133. The van der Waals surface area contributed by atoms with Gasteiger partial charge in [0.15, 0.2) is 0 Å². The number of fused-ring (bicyclic) bond motifs is 3. The molecule has 2 amide bonds. The molecule has 0 atom stereocenters. The van der Waals surface area contributed by atoms with Crippen molar-refractivity contribution in [2.75, 3.05) is 11.9 Å². The van der Waals surface area contributed by atoms with Crippen LogP contribution in [0.5, 0.6) is 0 Å². The molecule has 2 N–H and O–H groups in total. The Hall–Kier alpha value is -2.79. The number of nitrogens with one attached hydrogen (secondary N) is 2. The highest BCUT2D eigenvalue weighted by Crippen LogP contribution is 2.27. The zero-order valence-corrected chi connectivity index (χ0v) is 15.6. The number of H-pyrrole nitrogens is 1. The molecule has 3 aromatic rings. The predicted molar refractivity (Wildman–Crippen MR) is 107 cm³/mol. The maximum Gasteiger partial charge on any atom is 0.224 e. The number of anilines is 1. The molecule has 0 saturated carbocycles. The Balaban J connectivity index is 1.36. The molecule has 27 heavy (non-hydrogen) atoms. The molecule has 5 nitrogen and oxygen atoms in total. The summed E-state index contributed by atoms with van der Waals surface area (Å²) in [4.78, 5) is 30.0. The number of carbonyl (C=O) groups is 2. The highest BCUT2D eigenvalue weighted by atomic mass is 35.5. The molecule has 1 aliphatic heterocycles.